The minimum atomic E-state index is -3.66. The third kappa shape index (κ3) is 3.86. The number of aromatic nitrogens is 3. The van der Waals surface area contributed by atoms with Crippen LogP contribution in [0.4, 0.5) is 0 Å². The van der Waals surface area contributed by atoms with Crippen LogP contribution in [-0.4, -0.2) is 46.5 Å². The van der Waals surface area contributed by atoms with Crippen LogP contribution in [0.5, 0.6) is 5.88 Å². The first-order chi connectivity index (χ1) is 12.4. The van der Waals surface area contributed by atoms with Crippen molar-refractivity contribution in [2.75, 3.05) is 13.1 Å². The van der Waals surface area contributed by atoms with Crippen molar-refractivity contribution < 1.29 is 13.2 Å². The zero-order valence-corrected chi connectivity index (χ0v) is 15.6. The predicted molar refractivity (Wildman–Crippen MR) is 94.0 cm³/mol. The van der Waals surface area contributed by atoms with Gasteiger partial charge in [0.05, 0.1) is 24.5 Å². The molecular weight excluding hydrogens is 354 g/mol. The molecule has 1 saturated heterocycles. The summed E-state index contributed by atoms with van der Waals surface area (Å²) in [5.41, 5.74) is 0.453. The molecule has 2 aromatic heterocycles. The summed E-state index contributed by atoms with van der Waals surface area (Å²) in [4.78, 5) is 8.15. The van der Waals surface area contributed by atoms with Crippen LogP contribution in [0.2, 0.25) is 0 Å². The molecule has 0 spiro atoms. The van der Waals surface area contributed by atoms with Crippen molar-refractivity contribution in [3.05, 3.63) is 36.4 Å². The number of rotatable bonds is 5. The monoisotopic (exact) mass is 375 g/mol. The number of piperidine rings is 1. The fourth-order valence-electron chi connectivity index (χ4n) is 2.80. The van der Waals surface area contributed by atoms with Gasteiger partial charge in [0.25, 0.3) is 10.0 Å². The Morgan fingerprint density at radius 2 is 2.19 bits per heavy atom. The van der Waals surface area contributed by atoms with Gasteiger partial charge in [0.15, 0.2) is 5.03 Å². The largest absolute Gasteiger partial charge is 0.473 e. The molecule has 0 radical (unpaired) electrons. The van der Waals surface area contributed by atoms with Crippen LogP contribution in [-0.2, 0) is 10.0 Å². The number of hydrogen-bond acceptors (Lipinski definition) is 6. The van der Waals surface area contributed by atoms with Gasteiger partial charge in [-0.3, -0.25) is 0 Å². The van der Waals surface area contributed by atoms with Crippen molar-refractivity contribution in [2.24, 2.45) is 0 Å². The van der Waals surface area contributed by atoms with Crippen LogP contribution in [0.25, 0.3) is 0 Å². The van der Waals surface area contributed by atoms with Gasteiger partial charge < -0.3 is 9.30 Å². The lowest BCUT2D eigenvalue weighted by atomic mass is 10.1. The predicted octanol–water partition coefficient (Wildman–Crippen LogP) is 1.96. The fraction of sp³-hybridized carbons (Fsp3) is 0.471. The Kier molecular flexibility index (Phi) is 5.25. The minimum Gasteiger partial charge on any atom is -0.473 e. The highest BCUT2D eigenvalue weighted by Gasteiger charge is 2.33. The van der Waals surface area contributed by atoms with Crippen LogP contribution >= 0.6 is 0 Å². The van der Waals surface area contributed by atoms with E-state index < -0.39 is 10.0 Å². The lowest BCUT2D eigenvalue weighted by Gasteiger charge is -2.31. The number of ether oxygens (including phenoxy) is 1. The molecule has 138 valence electrons. The molecule has 0 bridgehead atoms. The summed E-state index contributed by atoms with van der Waals surface area (Å²) in [7, 11) is -3.66. The Bertz CT molecular complexity index is 916. The molecule has 0 unspecified atom stereocenters. The van der Waals surface area contributed by atoms with E-state index in [1.807, 2.05) is 19.9 Å². The molecule has 0 N–H and O–H groups in total. The van der Waals surface area contributed by atoms with Crippen molar-refractivity contribution in [1.82, 2.24) is 18.8 Å². The smallest absolute Gasteiger partial charge is 0.262 e. The van der Waals surface area contributed by atoms with Gasteiger partial charge in [0, 0.05) is 31.0 Å². The molecule has 1 atom stereocenters. The Hall–Kier alpha value is -2.44. The zero-order valence-electron chi connectivity index (χ0n) is 14.7. The Morgan fingerprint density at radius 3 is 2.88 bits per heavy atom. The molecular formula is C17H21N5O3S. The highest BCUT2D eigenvalue weighted by Crippen LogP contribution is 2.23. The molecule has 1 aliphatic rings. The van der Waals surface area contributed by atoms with Gasteiger partial charge in [-0.25, -0.2) is 18.4 Å². The van der Waals surface area contributed by atoms with Crippen molar-refractivity contribution >= 4 is 10.0 Å². The highest BCUT2D eigenvalue weighted by atomic mass is 32.2. The van der Waals surface area contributed by atoms with Crippen molar-refractivity contribution in [3.8, 4) is 11.9 Å². The number of sulfonamides is 1. The first kappa shape index (κ1) is 18.4. The molecule has 0 amide bonds. The van der Waals surface area contributed by atoms with Crippen molar-refractivity contribution in [2.45, 2.75) is 43.9 Å². The van der Waals surface area contributed by atoms with Crippen LogP contribution in [0.15, 0.2) is 35.9 Å². The summed E-state index contributed by atoms with van der Waals surface area (Å²) >= 11 is 0. The Labute approximate surface area is 153 Å². The van der Waals surface area contributed by atoms with Gasteiger partial charge in [-0.1, -0.05) is 0 Å². The third-order valence-corrected chi connectivity index (χ3v) is 6.02. The van der Waals surface area contributed by atoms with E-state index in [1.54, 1.807) is 22.9 Å². The molecule has 8 nitrogen and oxygen atoms in total. The topological polar surface area (TPSA) is 101 Å². The lowest BCUT2D eigenvalue weighted by molar-refractivity contribution is 0.124. The summed E-state index contributed by atoms with van der Waals surface area (Å²) in [6.07, 6.45) is 5.70. The first-order valence-corrected chi connectivity index (χ1v) is 9.90. The molecule has 9 heteroatoms. The van der Waals surface area contributed by atoms with E-state index in [-0.39, 0.29) is 23.7 Å². The number of nitriles is 1. The maximum atomic E-state index is 12.9. The molecule has 0 saturated carbocycles. The first-order valence-electron chi connectivity index (χ1n) is 8.46. The van der Waals surface area contributed by atoms with E-state index >= 15 is 0 Å². The molecule has 1 fully saturated rings. The lowest BCUT2D eigenvalue weighted by Crippen LogP contribution is -2.44. The average molecular weight is 375 g/mol. The summed E-state index contributed by atoms with van der Waals surface area (Å²) in [5, 5.41) is 9.01. The van der Waals surface area contributed by atoms with Crippen molar-refractivity contribution in [3.63, 3.8) is 0 Å². The minimum absolute atomic E-state index is 0.0523. The second kappa shape index (κ2) is 7.43. The standard InChI is InChI=1S/C17H21N5O3S/c1-13(2)21-11-17(20-12-21)26(23,24)22-7-3-4-15(10-22)25-16-8-14(9-18)5-6-19-16/h5-6,8,11-13,15H,3-4,7,10H2,1-2H3/t15-/m1/s1. The van der Waals surface area contributed by atoms with E-state index in [0.717, 1.165) is 6.42 Å². The molecule has 3 rings (SSSR count). The molecule has 26 heavy (non-hydrogen) atoms. The van der Waals surface area contributed by atoms with Crippen LogP contribution < -0.4 is 4.74 Å². The molecule has 1 aliphatic heterocycles. The number of hydrogen-bond donors (Lipinski definition) is 0. The van der Waals surface area contributed by atoms with Gasteiger partial charge in [0.1, 0.15) is 6.10 Å². The summed E-state index contributed by atoms with van der Waals surface area (Å²) < 4.78 is 34.7. The van der Waals surface area contributed by atoms with Crippen LogP contribution in [0.3, 0.4) is 0 Å². The van der Waals surface area contributed by atoms with Gasteiger partial charge in [-0.2, -0.15) is 9.57 Å². The van der Waals surface area contributed by atoms with Gasteiger partial charge in [0.2, 0.25) is 5.88 Å². The van der Waals surface area contributed by atoms with E-state index in [9.17, 15) is 8.42 Å². The van der Waals surface area contributed by atoms with E-state index in [1.165, 1.54) is 16.8 Å². The zero-order chi connectivity index (χ0) is 18.7. The Morgan fingerprint density at radius 1 is 1.38 bits per heavy atom. The third-order valence-electron chi connectivity index (χ3n) is 4.27. The van der Waals surface area contributed by atoms with Gasteiger partial charge in [-0.15, -0.1) is 0 Å². The SMILES string of the molecule is CC(C)n1cnc(S(=O)(=O)N2CCC[C@@H](Oc3cc(C#N)ccn3)C2)c1. The highest BCUT2D eigenvalue weighted by molar-refractivity contribution is 7.89. The van der Waals surface area contributed by atoms with Gasteiger partial charge in [-0.05, 0) is 32.8 Å². The van der Waals surface area contributed by atoms with Crippen LogP contribution in [0.1, 0.15) is 38.3 Å². The normalized spacial score (nSPS) is 18.6. The number of pyridine rings is 1. The summed E-state index contributed by atoms with van der Waals surface area (Å²) in [6.45, 7) is 4.59. The maximum Gasteiger partial charge on any atom is 0.262 e. The van der Waals surface area contributed by atoms with E-state index in [2.05, 4.69) is 9.97 Å². The fourth-order valence-corrected chi connectivity index (χ4v) is 4.23. The van der Waals surface area contributed by atoms with E-state index in [0.29, 0.717) is 24.4 Å². The summed E-state index contributed by atoms with van der Waals surface area (Å²) in [6, 6.07) is 5.32. The second-order valence-corrected chi connectivity index (χ2v) is 8.38. The van der Waals surface area contributed by atoms with Gasteiger partial charge >= 0.3 is 0 Å². The Balaban J connectivity index is 1.73. The number of imidazole rings is 1. The van der Waals surface area contributed by atoms with Crippen LogP contribution in [0, 0.1) is 11.3 Å². The maximum absolute atomic E-state index is 12.9. The summed E-state index contributed by atoms with van der Waals surface area (Å²) in [5.74, 6) is 0.331. The molecule has 2 aromatic rings. The quantitative estimate of drug-likeness (QED) is 0.792. The second-order valence-electron chi connectivity index (χ2n) is 6.49. The number of nitrogens with zero attached hydrogens (tertiary/aromatic N) is 5. The molecule has 0 aromatic carbocycles. The molecule has 0 aliphatic carbocycles. The molecule has 3 heterocycles. The average Bonchev–Trinajstić information content (AvgIpc) is 3.13. The van der Waals surface area contributed by atoms with E-state index in [4.69, 9.17) is 10.00 Å². The van der Waals surface area contributed by atoms with Crippen molar-refractivity contribution in [1.29, 1.82) is 5.26 Å².